The third kappa shape index (κ3) is 5.50. The number of hydrogen-bond donors (Lipinski definition) is 1. The van der Waals surface area contributed by atoms with E-state index in [1.807, 2.05) is 70.2 Å². The molecule has 0 spiro atoms. The first-order valence-corrected chi connectivity index (χ1v) is 13.9. The summed E-state index contributed by atoms with van der Waals surface area (Å²) in [4.78, 5) is 33.3. The van der Waals surface area contributed by atoms with Crippen molar-refractivity contribution in [2.45, 2.75) is 52.6 Å². The summed E-state index contributed by atoms with van der Waals surface area (Å²) in [5.74, 6) is 0.723. The number of aromatic nitrogens is 2. The van der Waals surface area contributed by atoms with Crippen molar-refractivity contribution in [1.82, 2.24) is 9.55 Å². The number of carbonyl (C=O) groups is 1. The Balaban J connectivity index is 1.70. The Bertz CT molecular complexity index is 1460. The lowest BCUT2D eigenvalue weighted by atomic mass is 10.1. The lowest BCUT2D eigenvalue weighted by Gasteiger charge is -2.13. The molecule has 2 aromatic carbocycles. The summed E-state index contributed by atoms with van der Waals surface area (Å²) in [5, 5.41) is 4.10. The number of fused-ring (bicyclic) bond motifs is 1. The summed E-state index contributed by atoms with van der Waals surface area (Å²) in [5.41, 5.74) is 4.63. The van der Waals surface area contributed by atoms with Crippen molar-refractivity contribution in [2.24, 2.45) is 0 Å². The van der Waals surface area contributed by atoms with Crippen LogP contribution in [0.5, 0.6) is 5.75 Å². The zero-order chi connectivity index (χ0) is 25.8. The number of benzene rings is 2. The summed E-state index contributed by atoms with van der Waals surface area (Å²) < 4.78 is 7.18. The maximum absolute atomic E-state index is 13.8. The predicted molar refractivity (Wildman–Crippen MR) is 150 cm³/mol. The zero-order valence-electron chi connectivity index (χ0n) is 21.3. The van der Waals surface area contributed by atoms with Crippen LogP contribution in [0, 0.1) is 20.8 Å². The van der Waals surface area contributed by atoms with Gasteiger partial charge in [0.05, 0.1) is 23.4 Å². The second kappa shape index (κ2) is 11.3. The third-order valence-electron chi connectivity index (χ3n) is 6.04. The van der Waals surface area contributed by atoms with Crippen LogP contribution in [0.25, 0.3) is 15.9 Å². The van der Waals surface area contributed by atoms with Crippen LogP contribution in [-0.2, 0) is 11.2 Å². The molecular weight excluding hydrogens is 490 g/mol. The number of carbonyl (C=O) groups excluding carboxylic acids is 1. The number of amides is 1. The summed E-state index contributed by atoms with van der Waals surface area (Å²) in [7, 11) is 0. The topological polar surface area (TPSA) is 73.2 Å². The van der Waals surface area contributed by atoms with E-state index < -0.39 is 0 Å². The third-order valence-corrected chi connectivity index (χ3v) is 8.22. The summed E-state index contributed by atoms with van der Waals surface area (Å²) in [6.45, 7) is 10.7. The summed E-state index contributed by atoms with van der Waals surface area (Å²) >= 11 is 2.83. The number of thiophene rings is 1. The number of nitrogens with zero attached hydrogens (tertiary/aromatic N) is 2. The van der Waals surface area contributed by atoms with Gasteiger partial charge in [-0.2, -0.15) is 0 Å². The highest BCUT2D eigenvalue weighted by molar-refractivity contribution is 7.99. The van der Waals surface area contributed by atoms with Gasteiger partial charge >= 0.3 is 0 Å². The van der Waals surface area contributed by atoms with Gasteiger partial charge in [0.15, 0.2) is 5.16 Å². The first-order chi connectivity index (χ1) is 17.3. The molecule has 6 nitrogen and oxygen atoms in total. The second-order valence-electron chi connectivity index (χ2n) is 8.68. The minimum atomic E-state index is -0.148. The minimum Gasteiger partial charge on any atom is -0.494 e. The van der Waals surface area contributed by atoms with Crippen LogP contribution in [0.15, 0.2) is 52.4 Å². The highest BCUT2D eigenvalue weighted by Gasteiger charge is 2.20. The molecule has 0 atom stereocenters. The van der Waals surface area contributed by atoms with E-state index in [1.165, 1.54) is 22.2 Å². The molecule has 8 heteroatoms. The minimum absolute atomic E-state index is 0.114. The van der Waals surface area contributed by atoms with Gasteiger partial charge in [-0.15, -0.1) is 11.3 Å². The number of anilines is 1. The van der Waals surface area contributed by atoms with Gasteiger partial charge in [-0.1, -0.05) is 31.2 Å². The number of thioether (sulfide) groups is 1. The molecule has 0 saturated carbocycles. The quantitative estimate of drug-likeness (QED) is 0.202. The van der Waals surface area contributed by atoms with Crippen molar-refractivity contribution >= 4 is 44.9 Å². The number of rotatable bonds is 9. The van der Waals surface area contributed by atoms with Crippen molar-refractivity contribution in [3.63, 3.8) is 0 Å². The van der Waals surface area contributed by atoms with Crippen molar-refractivity contribution in [3.8, 4) is 11.4 Å². The summed E-state index contributed by atoms with van der Waals surface area (Å²) in [6, 6.07) is 13.3. The molecule has 0 bridgehead atoms. The molecule has 0 aliphatic heterocycles. The Morgan fingerprint density at radius 1 is 1.08 bits per heavy atom. The molecule has 0 aliphatic carbocycles. The van der Waals surface area contributed by atoms with Crippen molar-refractivity contribution in [3.05, 3.63) is 74.4 Å². The Morgan fingerprint density at radius 3 is 2.50 bits per heavy atom. The maximum Gasteiger partial charge on any atom is 0.267 e. The number of nitrogens with one attached hydrogen (secondary N) is 1. The molecule has 188 valence electrons. The molecule has 4 rings (SSSR count). The largest absolute Gasteiger partial charge is 0.494 e. The smallest absolute Gasteiger partial charge is 0.267 e. The maximum atomic E-state index is 13.8. The molecule has 2 heterocycles. The van der Waals surface area contributed by atoms with Crippen LogP contribution in [0.2, 0.25) is 0 Å². The number of hydrogen-bond acceptors (Lipinski definition) is 6. The van der Waals surface area contributed by atoms with Gasteiger partial charge in [0.25, 0.3) is 5.56 Å². The van der Waals surface area contributed by atoms with Crippen LogP contribution in [-0.4, -0.2) is 27.8 Å². The van der Waals surface area contributed by atoms with Gasteiger partial charge in [-0.25, -0.2) is 4.98 Å². The Kier molecular flexibility index (Phi) is 8.16. The van der Waals surface area contributed by atoms with E-state index in [2.05, 4.69) is 12.2 Å². The molecule has 0 unspecified atom stereocenters. The molecule has 4 aromatic rings. The fourth-order valence-corrected chi connectivity index (χ4v) is 6.14. The standard InChI is InChI=1S/C28H31N3O3S2/c1-6-8-23-19(5)25-26(36-23)30-28(31(27(25)33)21-11-13-22(14-12-21)34-7-2)35-16-24(32)29-20-10-9-17(3)18(4)15-20/h9-15H,6-8,16H2,1-5H3,(H,29,32). The molecule has 0 aliphatic rings. The lowest BCUT2D eigenvalue weighted by molar-refractivity contribution is -0.113. The van der Waals surface area contributed by atoms with Crippen molar-refractivity contribution < 1.29 is 9.53 Å². The average molecular weight is 522 g/mol. The van der Waals surface area contributed by atoms with Crippen molar-refractivity contribution in [1.29, 1.82) is 0 Å². The van der Waals surface area contributed by atoms with E-state index in [4.69, 9.17) is 9.72 Å². The van der Waals surface area contributed by atoms with Crippen LogP contribution in [0.4, 0.5) is 5.69 Å². The van der Waals surface area contributed by atoms with E-state index in [0.29, 0.717) is 22.8 Å². The number of ether oxygens (including phenoxy) is 1. The summed E-state index contributed by atoms with van der Waals surface area (Å²) in [6.07, 6.45) is 1.91. The SMILES string of the molecule is CCCc1sc2nc(SCC(=O)Nc3ccc(C)c(C)c3)n(-c3ccc(OCC)cc3)c(=O)c2c1C. The fraction of sp³-hybridized carbons (Fsp3) is 0.321. The van der Waals surface area contributed by atoms with Gasteiger partial charge in [0.1, 0.15) is 10.6 Å². The van der Waals surface area contributed by atoms with Gasteiger partial charge in [0.2, 0.25) is 5.91 Å². The fourth-order valence-electron chi connectivity index (χ4n) is 4.00. The molecular formula is C28H31N3O3S2. The normalized spacial score (nSPS) is 11.1. The second-order valence-corrected chi connectivity index (χ2v) is 10.7. The Hall–Kier alpha value is -3.10. The van der Waals surface area contributed by atoms with Crippen molar-refractivity contribution in [2.75, 3.05) is 17.7 Å². The predicted octanol–water partition coefficient (Wildman–Crippen LogP) is 6.45. The Labute approximate surface area is 219 Å². The van der Waals surface area contributed by atoms with E-state index in [1.54, 1.807) is 15.9 Å². The van der Waals surface area contributed by atoms with Gasteiger partial charge in [-0.05, 0) is 87.2 Å². The van der Waals surface area contributed by atoms with Gasteiger partial charge in [-0.3, -0.25) is 14.2 Å². The zero-order valence-corrected chi connectivity index (χ0v) is 22.9. The number of aryl methyl sites for hydroxylation is 4. The van der Waals surface area contributed by atoms with Crippen LogP contribution in [0.1, 0.15) is 41.8 Å². The van der Waals surface area contributed by atoms with E-state index in [9.17, 15) is 9.59 Å². The Morgan fingerprint density at radius 2 is 1.83 bits per heavy atom. The van der Waals surface area contributed by atoms with Crippen LogP contribution in [0.3, 0.4) is 0 Å². The molecule has 0 radical (unpaired) electrons. The molecule has 0 saturated heterocycles. The molecule has 1 N–H and O–H groups in total. The first-order valence-electron chi connectivity index (χ1n) is 12.1. The molecule has 0 fully saturated rings. The van der Waals surface area contributed by atoms with Gasteiger partial charge < -0.3 is 10.1 Å². The lowest BCUT2D eigenvalue weighted by Crippen LogP contribution is -2.23. The van der Waals surface area contributed by atoms with Gasteiger partial charge in [0, 0.05) is 10.6 Å². The van der Waals surface area contributed by atoms with Crippen LogP contribution >= 0.6 is 23.1 Å². The molecule has 2 aromatic heterocycles. The molecule has 36 heavy (non-hydrogen) atoms. The molecule has 1 amide bonds. The van der Waals surface area contributed by atoms with E-state index in [0.717, 1.165) is 40.2 Å². The first kappa shape index (κ1) is 26.0. The highest BCUT2D eigenvalue weighted by Crippen LogP contribution is 2.31. The average Bonchev–Trinajstić information content (AvgIpc) is 3.16. The van der Waals surface area contributed by atoms with Crippen LogP contribution < -0.4 is 15.6 Å². The van der Waals surface area contributed by atoms with E-state index >= 15 is 0 Å². The monoisotopic (exact) mass is 521 g/mol. The van der Waals surface area contributed by atoms with E-state index in [-0.39, 0.29) is 17.2 Å². The highest BCUT2D eigenvalue weighted by atomic mass is 32.2.